The lowest BCUT2D eigenvalue weighted by molar-refractivity contribution is 0.0746. The number of anilines is 3. The molecule has 1 aliphatic rings. The Kier molecular flexibility index (Phi) is 9.36. The Morgan fingerprint density at radius 3 is 2.15 bits per heavy atom. The van der Waals surface area contributed by atoms with E-state index < -0.39 is 27.4 Å². The van der Waals surface area contributed by atoms with E-state index >= 15 is 0 Å². The van der Waals surface area contributed by atoms with Crippen LogP contribution in [0.4, 0.5) is 26.5 Å². The fourth-order valence-electron chi connectivity index (χ4n) is 5.01. The number of rotatable bonds is 7. The normalized spacial score (nSPS) is 13.9. The number of benzene rings is 2. The van der Waals surface area contributed by atoms with Gasteiger partial charge in [-0.15, -0.1) is 9.35 Å². The molecule has 0 saturated carbocycles. The number of pyridine rings is 1. The molecule has 1 aliphatic heterocycles. The van der Waals surface area contributed by atoms with E-state index in [-0.39, 0.29) is 11.7 Å². The predicted molar refractivity (Wildman–Crippen MR) is 178 cm³/mol. The van der Waals surface area contributed by atoms with Crippen molar-refractivity contribution in [3.8, 4) is 5.69 Å². The molecule has 3 heterocycles. The zero-order chi connectivity index (χ0) is 34.1. The SMILES string of the molecule is Cc1ccc(-n2nc(C(C)(C)C)cc2N(OS(C)(=O)=O)C(=O)Nc2ccc(N3CCN(C(=O)c4ccc(F)cc4)CC3)nc2C)cc1. The van der Waals surface area contributed by atoms with Gasteiger partial charge in [-0.3, -0.25) is 4.79 Å². The van der Waals surface area contributed by atoms with Gasteiger partial charge in [0.25, 0.3) is 16.0 Å². The number of urea groups is 1. The van der Waals surface area contributed by atoms with Gasteiger partial charge in [-0.05, 0) is 62.4 Å². The largest absolute Gasteiger partial charge is 0.353 e. The number of aryl methyl sites for hydroxylation is 2. The predicted octanol–water partition coefficient (Wildman–Crippen LogP) is 5.21. The molecule has 1 saturated heterocycles. The Morgan fingerprint density at radius 2 is 1.57 bits per heavy atom. The van der Waals surface area contributed by atoms with E-state index in [9.17, 15) is 22.4 Å². The molecule has 5 rings (SSSR count). The summed E-state index contributed by atoms with van der Waals surface area (Å²) in [6.07, 6.45) is 0.860. The van der Waals surface area contributed by atoms with Gasteiger partial charge in [-0.25, -0.2) is 18.9 Å². The number of hydrogen-bond donors (Lipinski definition) is 1. The number of piperazine rings is 1. The van der Waals surface area contributed by atoms with Gasteiger partial charge in [-0.1, -0.05) is 38.5 Å². The van der Waals surface area contributed by atoms with E-state index in [1.54, 1.807) is 30.0 Å². The Bertz CT molecular complexity index is 1880. The van der Waals surface area contributed by atoms with Crippen molar-refractivity contribution in [2.45, 2.75) is 40.0 Å². The highest BCUT2D eigenvalue weighted by Gasteiger charge is 2.31. The van der Waals surface area contributed by atoms with E-state index in [1.807, 2.05) is 56.9 Å². The van der Waals surface area contributed by atoms with Gasteiger partial charge in [0.05, 0.1) is 29.0 Å². The molecule has 12 nitrogen and oxygen atoms in total. The van der Waals surface area contributed by atoms with Crippen molar-refractivity contribution in [2.24, 2.45) is 0 Å². The molecule has 0 radical (unpaired) electrons. The highest BCUT2D eigenvalue weighted by molar-refractivity contribution is 7.86. The molecular weight excluding hydrogens is 625 g/mol. The van der Waals surface area contributed by atoms with E-state index in [2.05, 4.69) is 10.3 Å². The quantitative estimate of drug-likeness (QED) is 0.267. The van der Waals surface area contributed by atoms with Crippen molar-refractivity contribution >= 4 is 39.4 Å². The lowest BCUT2D eigenvalue weighted by Crippen LogP contribution is -2.49. The van der Waals surface area contributed by atoms with Gasteiger partial charge in [0.1, 0.15) is 11.6 Å². The molecule has 0 unspecified atom stereocenters. The average Bonchev–Trinajstić information content (AvgIpc) is 3.47. The van der Waals surface area contributed by atoms with E-state index in [4.69, 9.17) is 9.38 Å². The first-order chi connectivity index (χ1) is 22.1. The van der Waals surface area contributed by atoms with Gasteiger partial charge in [-0.2, -0.15) is 13.5 Å². The smallest absolute Gasteiger partial charge is 0.353 e. The summed E-state index contributed by atoms with van der Waals surface area (Å²) in [6.45, 7) is 11.5. The van der Waals surface area contributed by atoms with Gasteiger partial charge in [0.2, 0.25) is 0 Å². The molecule has 3 amide bonds. The third-order valence-corrected chi connectivity index (χ3v) is 8.05. The van der Waals surface area contributed by atoms with Gasteiger partial charge >= 0.3 is 6.03 Å². The van der Waals surface area contributed by atoms with Gasteiger partial charge < -0.3 is 15.1 Å². The Hall–Kier alpha value is -4.82. The first-order valence-electron chi connectivity index (χ1n) is 15.0. The molecular formula is C33H38FN7O5S. The van der Waals surface area contributed by atoms with Crippen molar-refractivity contribution in [1.29, 1.82) is 0 Å². The number of carbonyl (C=O) groups excluding carboxylic acids is 2. The third-order valence-electron chi connectivity index (χ3n) is 7.63. The molecule has 0 aliphatic carbocycles. The summed E-state index contributed by atoms with van der Waals surface area (Å²) in [7, 11) is -4.15. The zero-order valence-corrected chi connectivity index (χ0v) is 28.0. The number of halogens is 1. The van der Waals surface area contributed by atoms with Crippen molar-refractivity contribution in [1.82, 2.24) is 19.7 Å². The number of hydrogen-bond acceptors (Lipinski definition) is 8. The van der Waals surface area contributed by atoms with Crippen molar-refractivity contribution in [3.05, 3.63) is 95.1 Å². The topological polar surface area (TPSA) is 130 Å². The molecule has 1 N–H and O–H groups in total. The van der Waals surface area contributed by atoms with Crippen LogP contribution in [-0.2, 0) is 19.8 Å². The highest BCUT2D eigenvalue weighted by atomic mass is 32.2. The van der Waals surface area contributed by atoms with Crippen molar-refractivity contribution in [3.63, 3.8) is 0 Å². The van der Waals surface area contributed by atoms with Crippen LogP contribution in [0.15, 0.2) is 66.7 Å². The van der Waals surface area contributed by atoms with Crippen LogP contribution < -0.4 is 15.3 Å². The minimum Gasteiger partial charge on any atom is -0.353 e. The Morgan fingerprint density at radius 1 is 0.936 bits per heavy atom. The molecule has 0 atom stereocenters. The number of hydroxylamine groups is 1. The fourth-order valence-corrected chi connectivity index (χ4v) is 5.42. The number of carbonyl (C=O) groups is 2. The van der Waals surface area contributed by atoms with Crippen LogP contribution in [0, 0.1) is 19.7 Å². The summed E-state index contributed by atoms with van der Waals surface area (Å²) in [5, 5.41) is 8.12. The summed E-state index contributed by atoms with van der Waals surface area (Å²) in [5.74, 6) is 0.195. The second-order valence-electron chi connectivity index (χ2n) is 12.5. The summed E-state index contributed by atoms with van der Waals surface area (Å²) >= 11 is 0. The molecule has 4 aromatic rings. The Labute approximate surface area is 273 Å². The van der Waals surface area contributed by atoms with Gasteiger partial charge in [0.15, 0.2) is 5.82 Å². The summed E-state index contributed by atoms with van der Waals surface area (Å²) < 4.78 is 44.8. The molecule has 47 heavy (non-hydrogen) atoms. The second-order valence-corrected chi connectivity index (χ2v) is 14.0. The van der Waals surface area contributed by atoms with Gasteiger partial charge in [0, 0.05) is 43.2 Å². The molecule has 1 fully saturated rings. The monoisotopic (exact) mass is 663 g/mol. The summed E-state index contributed by atoms with van der Waals surface area (Å²) in [5.41, 5.74) is 3.09. The zero-order valence-electron chi connectivity index (χ0n) is 27.2. The van der Waals surface area contributed by atoms with Crippen LogP contribution in [0.1, 0.15) is 48.1 Å². The summed E-state index contributed by atoms with van der Waals surface area (Å²) in [4.78, 5) is 35.0. The van der Waals surface area contributed by atoms with Crippen LogP contribution in [0.3, 0.4) is 0 Å². The van der Waals surface area contributed by atoms with E-state index in [0.29, 0.717) is 65.4 Å². The molecule has 2 aromatic heterocycles. The lowest BCUT2D eigenvalue weighted by Gasteiger charge is -2.35. The van der Waals surface area contributed by atoms with E-state index in [1.165, 1.54) is 28.9 Å². The lowest BCUT2D eigenvalue weighted by atomic mass is 9.92. The third kappa shape index (κ3) is 7.95. The van der Waals surface area contributed by atoms with Crippen LogP contribution in [-0.4, -0.2) is 72.5 Å². The van der Waals surface area contributed by atoms with Crippen molar-refractivity contribution < 1.29 is 26.7 Å². The minimum atomic E-state index is -4.15. The molecule has 14 heteroatoms. The fraction of sp³-hybridized carbons (Fsp3) is 0.333. The van der Waals surface area contributed by atoms with Crippen LogP contribution >= 0.6 is 0 Å². The molecule has 2 aromatic carbocycles. The van der Waals surface area contributed by atoms with Crippen LogP contribution in [0.2, 0.25) is 0 Å². The van der Waals surface area contributed by atoms with E-state index in [0.717, 1.165) is 11.8 Å². The average molecular weight is 664 g/mol. The maximum Gasteiger partial charge on any atom is 0.353 e. The first-order valence-corrected chi connectivity index (χ1v) is 16.9. The second kappa shape index (κ2) is 13.1. The number of amides is 3. The van der Waals surface area contributed by atoms with Crippen LogP contribution in [0.25, 0.3) is 5.69 Å². The van der Waals surface area contributed by atoms with Crippen LogP contribution in [0.5, 0.6) is 0 Å². The number of nitrogens with one attached hydrogen (secondary N) is 1. The number of aromatic nitrogens is 3. The number of nitrogens with zero attached hydrogens (tertiary/aromatic N) is 6. The van der Waals surface area contributed by atoms with Crippen molar-refractivity contribution in [2.75, 3.05) is 47.7 Å². The standard InChI is InChI=1S/C33H38FN7O5S/c1-22-7-13-26(14-8-22)40-30(21-28(37-40)33(3,4)5)41(46-47(6,44)45)32(43)36-27-15-16-29(35-23(27)2)38-17-19-39(20-18-38)31(42)24-9-11-25(34)12-10-24/h7-16,21H,17-20H2,1-6H3,(H,36,43). The maximum absolute atomic E-state index is 13.7. The first kappa shape index (κ1) is 33.5. The minimum absolute atomic E-state index is 0.0944. The Balaban J connectivity index is 1.35. The molecule has 248 valence electrons. The molecule has 0 spiro atoms. The summed E-state index contributed by atoms with van der Waals surface area (Å²) in [6, 6.07) is 17.1. The molecule has 0 bridgehead atoms. The highest BCUT2D eigenvalue weighted by Crippen LogP contribution is 2.30. The maximum atomic E-state index is 13.7.